The number of halogens is 1. The Morgan fingerprint density at radius 3 is 2.26 bits per heavy atom. The van der Waals surface area contributed by atoms with Crippen molar-refractivity contribution in [3.8, 4) is 0 Å². The highest BCUT2D eigenvalue weighted by atomic mass is 35.5. The highest BCUT2D eigenvalue weighted by Gasteiger charge is 2.24. The maximum atomic E-state index is 12.4. The third-order valence-electron chi connectivity index (χ3n) is 5.87. The molecule has 0 bridgehead atoms. The average molecular weight is 505 g/mol. The molecule has 1 amide bonds. The Hall–Kier alpha value is -2.49. The summed E-state index contributed by atoms with van der Waals surface area (Å²) in [5.41, 5.74) is 2.49. The Balaban J connectivity index is 1.55. The van der Waals surface area contributed by atoms with E-state index in [1.54, 1.807) is 19.2 Å². The first kappa shape index (κ1) is 27.1. The average Bonchev–Trinajstić information content (AvgIpc) is 2.89. The number of methoxy groups -OCH3 is 2. The molecule has 190 valence electrons. The van der Waals surface area contributed by atoms with E-state index in [0.29, 0.717) is 50.0 Å². The van der Waals surface area contributed by atoms with Gasteiger partial charge in [-0.2, -0.15) is 0 Å². The molecule has 0 N–H and O–H groups in total. The van der Waals surface area contributed by atoms with Crippen molar-refractivity contribution in [2.24, 2.45) is 0 Å². The van der Waals surface area contributed by atoms with Crippen molar-refractivity contribution in [3.05, 3.63) is 70.2 Å². The van der Waals surface area contributed by atoms with Gasteiger partial charge in [0.15, 0.2) is 0 Å². The molecule has 9 heteroatoms. The molecular weight excluding hydrogens is 472 g/mol. The van der Waals surface area contributed by atoms with Crippen LogP contribution in [0.4, 0.5) is 0 Å². The number of rotatable bonds is 12. The fraction of sp³-hybridized carbons (Fsp3) is 0.462. The fourth-order valence-electron chi connectivity index (χ4n) is 3.79. The van der Waals surface area contributed by atoms with Crippen LogP contribution in [0.15, 0.2) is 48.5 Å². The van der Waals surface area contributed by atoms with Crippen molar-refractivity contribution in [1.82, 2.24) is 9.80 Å². The smallest absolute Gasteiger partial charge is 0.337 e. The summed E-state index contributed by atoms with van der Waals surface area (Å²) >= 11 is 6.09. The highest BCUT2D eigenvalue weighted by molar-refractivity contribution is 6.30. The topological polar surface area (TPSA) is 77.5 Å². The predicted octanol–water partition coefficient (Wildman–Crippen LogP) is 3.19. The second kappa shape index (κ2) is 14.2. The van der Waals surface area contributed by atoms with Gasteiger partial charge in [0.2, 0.25) is 5.91 Å². The van der Waals surface area contributed by atoms with Crippen molar-refractivity contribution in [2.75, 3.05) is 66.8 Å². The molecule has 0 saturated carbocycles. The Morgan fingerprint density at radius 1 is 0.943 bits per heavy atom. The van der Waals surface area contributed by atoms with Gasteiger partial charge in [0.05, 0.1) is 38.6 Å². The summed E-state index contributed by atoms with van der Waals surface area (Å²) in [6, 6.07) is 14.9. The van der Waals surface area contributed by atoms with E-state index in [-0.39, 0.29) is 24.6 Å². The SMILES string of the molecule is COCCOCC(=O)N1CCN(C[C@@H](OCc2ccc(C(=O)OC)cc2)c2ccc(Cl)cc2)CC1. The van der Waals surface area contributed by atoms with Gasteiger partial charge in [-0.05, 0) is 35.4 Å². The van der Waals surface area contributed by atoms with Crippen molar-refractivity contribution >= 4 is 23.5 Å². The Bertz CT molecular complexity index is 930. The first-order valence-corrected chi connectivity index (χ1v) is 12.0. The van der Waals surface area contributed by atoms with Crippen LogP contribution in [0, 0.1) is 0 Å². The number of esters is 1. The van der Waals surface area contributed by atoms with Crippen LogP contribution in [-0.4, -0.2) is 88.4 Å². The molecule has 0 unspecified atom stereocenters. The second-order valence-electron chi connectivity index (χ2n) is 8.27. The maximum Gasteiger partial charge on any atom is 0.337 e. The molecule has 1 fully saturated rings. The molecule has 0 radical (unpaired) electrons. The molecule has 1 aliphatic rings. The standard InChI is InChI=1S/C26H33ClN2O6/c1-32-15-16-34-19-25(30)29-13-11-28(12-14-29)17-24(21-7-9-23(27)10-8-21)35-18-20-3-5-22(6-4-20)26(31)33-2/h3-10,24H,11-19H2,1-2H3/t24-/m1/s1. The molecule has 1 aliphatic heterocycles. The number of nitrogens with zero attached hydrogens (tertiary/aromatic N) is 2. The Labute approximate surface area is 211 Å². The summed E-state index contributed by atoms with van der Waals surface area (Å²) < 4.78 is 21.4. The van der Waals surface area contributed by atoms with Crippen LogP contribution in [0.25, 0.3) is 0 Å². The van der Waals surface area contributed by atoms with Gasteiger partial charge in [0.1, 0.15) is 6.61 Å². The van der Waals surface area contributed by atoms with E-state index in [1.807, 2.05) is 41.3 Å². The number of carbonyl (C=O) groups excluding carboxylic acids is 2. The molecule has 35 heavy (non-hydrogen) atoms. The molecular formula is C26H33ClN2O6. The van der Waals surface area contributed by atoms with Crippen LogP contribution < -0.4 is 0 Å². The van der Waals surface area contributed by atoms with Gasteiger partial charge < -0.3 is 23.8 Å². The van der Waals surface area contributed by atoms with Crippen LogP contribution >= 0.6 is 11.6 Å². The van der Waals surface area contributed by atoms with Crippen molar-refractivity contribution in [2.45, 2.75) is 12.7 Å². The monoisotopic (exact) mass is 504 g/mol. The summed E-state index contributed by atoms with van der Waals surface area (Å²) in [7, 11) is 2.97. The molecule has 0 spiro atoms. The number of ether oxygens (including phenoxy) is 4. The zero-order valence-electron chi connectivity index (χ0n) is 20.3. The number of amides is 1. The van der Waals surface area contributed by atoms with E-state index in [0.717, 1.165) is 24.2 Å². The van der Waals surface area contributed by atoms with Crippen molar-refractivity contribution in [1.29, 1.82) is 0 Å². The predicted molar refractivity (Wildman–Crippen MR) is 132 cm³/mol. The van der Waals surface area contributed by atoms with E-state index < -0.39 is 0 Å². The van der Waals surface area contributed by atoms with Gasteiger partial charge in [0, 0.05) is 44.9 Å². The molecule has 1 heterocycles. The van der Waals surface area contributed by atoms with E-state index in [1.165, 1.54) is 7.11 Å². The summed E-state index contributed by atoms with van der Waals surface area (Å²) in [6.45, 7) is 4.85. The van der Waals surface area contributed by atoms with Crippen molar-refractivity contribution in [3.63, 3.8) is 0 Å². The minimum atomic E-state index is -0.365. The molecule has 0 aromatic heterocycles. The molecule has 0 aliphatic carbocycles. The van der Waals surface area contributed by atoms with Crippen LogP contribution in [-0.2, 0) is 30.3 Å². The minimum absolute atomic E-state index is 0.00153. The van der Waals surface area contributed by atoms with Crippen LogP contribution in [0.5, 0.6) is 0 Å². The zero-order valence-corrected chi connectivity index (χ0v) is 21.0. The van der Waals surface area contributed by atoms with Crippen LogP contribution in [0.1, 0.15) is 27.6 Å². The lowest BCUT2D eigenvalue weighted by atomic mass is 10.1. The third-order valence-corrected chi connectivity index (χ3v) is 6.13. The van der Waals surface area contributed by atoms with E-state index >= 15 is 0 Å². The molecule has 8 nitrogen and oxygen atoms in total. The Kier molecular flexibility index (Phi) is 11.0. The number of benzene rings is 2. The lowest BCUT2D eigenvalue weighted by Crippen LogP contribution is -2.50. The van der Waals surface area contributed by atoms with Gasteiger partial charge >= 0.3 is 5.97 Å². The summed E-state index contributed by atoms with van der Waals surface area (Å²) in [6.07, 6.45) is -0.174. The first-order chi connectivity index (χ1) is 17.0. The van der Waals surface area contributed by atoms with Crippen LogP contribution in [0.2, 0.25) is 5.02 Å². The fourth-order valence-corrected chi connectivity index (χ4v) is 3.92. The quantitative estimate of drug-likeness (QED) is 0.324. The normalized spacial score (nSPS) is 15.1. The first-order valence-electron chi connectivity index (χ1n) is 11.6. The molecule has 3 rings (SSSR count). The minimum Gasteiger partial charge on any atom is -0.465 e. The van der Waals surface area contributed by atoms with Gasteiger partial charge in [-0.25, -0.2) is 4.79 Å². The number of hydrogen-bond donors (Lipinski definition) is 0. The van der Waals surface area contributed by atoms with Crippen molar-refractivity contribution < 1.29 is 28.5 Å². The Morgan fingerprint density at radius 2 is 1.63 bits per heavy atom. The van der Waals surface area contributed by atoms with E-state index in [9.17, 15) is 9.59 Å². The number of piperazine rings is 1. The largest absolute Gasteiger partial charge is 0.465 e. The maximum absolute atomic E-state index is 12.4. The van der Waals surface area contributed by atoms with Gasteiger partial charge in [-0.1, -0.05) is 35.9 Å². The van der Waals surface area contributed by atoms with E-state index in [2.05, 4.69) is 4.90 Å². The molecule has 2 aromatic carbocycles. The number of carbonyl (C=O) groups is 2. The summed E-state index contributed by atoms with van der Waals surface area (Å²) in [4.78, 5) is 28.2. The molecule has 2 aromatic rings. The molecule has 1 saturated heterocycles. The highest BCUT2D eigenvalue weighted by Crippen LogP contribution is 2.23. The zero-order chi connectivity index (χ0) is 25.0. The van der Waals surface area contributed by atoms with Gasteiger partial charge in [-0.3, -0.25) is 9.69 Å². The number of hydrogen-bond acceptors (Lipinski definition) is 7. The van der Waals surface area contributed by atoms with E-state index in [4.69, 9.17) is 30.5 Å². The summed E-state index contributed by atoms with van der Waals surface area (Å²) in [5, 5.41) is 0.672. The second-order valence-corrected chi connectivity index (χ2v) is 8.70. The lowest BCUT2D eigenvalue weighted by molar-refractivity contribution is -0.138. The third kappa shape index (κ3) is 8.59. The lowest BCUT2D eigenvalue weighted by Gasteiger charge is -2.36. The van der Waals surface area contributed by atoms with Gasteiger partial charge in [-0.15, -0.1) is 0 Å². The van der Waals surface area contributed by atoms with Crippen LogP contribution in [0.3, 0.4) is 0 Å². The summed E-state index contributed by atoms with van der Waals surface area (Å²) in [5.74, 6) is -0.364. The molecule has 1 atom stereocenters. The van der Waals surface area contributed by atoms with Gasteiger partial charge in [0.25, 0.3) is 0 Å².